The van der Waals surface area contributed by atoms with Crippen LogP contribution in [0.15, 0.2) is 20.9 Å². The lowest BCUT2D eigenvalue weighted by Gasteiger charge is -2.21. The number of rotatable bonds is 9. The summed E-state index contributed by atoms with van der Waals surface area (Å²) in [6.45, 7) is 8.06. The number of ether oxygens (including phenoxy) is 2. The molecule has 1 N–H and O–H groups in total. The van der Waals surface area contributed by atoms with Crippen molar-refractivity contribution in [2.75, 3.05) is 53.1 Å². The second-order valence-corrected chi connectivity index (χ2v) is 8.41. The van der Waals surface area contributed by atoms with E-state index in [9.17, 15) is 0 Å². The fraction of sp³-hybridized carbons (Fsp3) is 0.706. The van der Waals surface area contributed by atoms with E-state index in [1.54, 1.807) is 18.4 Å². The third-order valence-corrected chi connectivity index (χ3v) is 5.64. The molecule has 0 amide bonds. The molecule has 1 aliphatic rings. The number of hydrogen-bond acceptors (Lipinski definition) is 4. The quantitative estimate of drug-likeness (QED) is 0.381. The Morgan fingerprint density at radius 1 is 1.46 bits per heavy atom. The van der Waals surface area contributed by atoms with Gasteiger partial charge in [0.1, 0.15) is 0 Å². The summed E-state index contributed by atoms with van der Waals surface area (Å²) < 4.78 is 11.9. The summed E-state index contributed by atoms with van der Waals surface area (Å²) in [5, 5.41) is 3.42. The molecular weight excluding hydrogens is 390 g/mol. The van der Waals surface area contributed by atoms with E-state index in [4.69, 9.17) is 14.5 Å². The predicted molar refractivity (Wildman–Crippen MR) is 104 cm³/mol. The highest BCUT2D eigenvalue weighted by Gasteiger charge is 2.24. The van der Waals surface area contributed by atoms with Crippen molar-refractivity contribution >= 4 is 33.2 Å². The molecule has 0 aliphatic carbocycles. The van der Waals surface area contributed by atoms with Gasteiger partial charge in [0.05, 0.1) is 23.6 Å². The molecule has 1 unspecified atom stereocenters. The molecule has 136 valence electrons. The topological polar surface area (TPSA) is 46.1 Å². The second kappa shape index (κ2) is 11.1. The van der Waals surface area contributed by atoms with Gasteiger partial charge in [-0.25, -0.2) is 0 Å². The minimum absolute atomic E-state index is 0.582. The highest BCUT2D eigenvalue weighted by molar-refractivity contribution is 9.11. The molecule has 0 radical (unpaired) electrons. The van der Waals surface area contributed by atoms with Crippen LogP contribution in [0.3, 0.4) is 0 Å². The Balaban J connectivity index is 1.78. The normalized spacial score (nSPS) is 18.4. The van der Waals surface area contributed by atoms with Crippen molar-refractivity contribution in [3.8, 4) is 0 Å². The van der Waals surface area contributed by atoms with E-state index < -0.39 is 0 Å². The molecule has 0 bridgehead atoms. The van der Waals surface area contributed by atoms with Gasteiger partial charge in [-0.3, -0.25) is 4.99 Å². The van der Waals surface area contributed by atoms with Gasteiger partial charge in [0, 0.05) is 50.5 Å². The van der Waals surface area contributed by atoms with Gasteiger partial charge in [-0.05, 0) is 41.4 Å². The Kier molecular flexibility index (Phi) is 9.09. The van der Waals surface area contributed by atoms with Crippen LogP contribution in [0.4, 0.5) is 0 Å². The molecule has 2 rings (SSSR count). The van der Waals surface area contributed by atoms with Crippen molar-refractivity contribution in [1.29, 1.82) is 0 Å². The first-order chi connectivity index (χ1) is 11.7. The van der Waals surface area contributed by atoms with Gasteiger partial charge in [-0.15, -0.1) is 11.3 Å². The Morgan fingerprint density at radius 3 is 3.04 bits per heavy atom. The minimum Gasteiger partial charge on any atom is -0.382 e. The Hall–Kier alpha value is -0.630. The van der Waals surface area contributed by atoms with E-state index in [-0.39, 0.29) is 0 Å². The molecule has 0 aromatic carbocycles. The average molecular weight is 418 g/mol. The van der Waals surface area contributed by atoms with E-state index in [1.165, 1.54) is 8.66 Å². The smallest absolute Gasteiger partial charge is 0.193 e. The Morgan fingerprint density at radius 2 is 2.33 bits per heavy atom. The lowest BCUT2D eigenvalue weighted by Crippen LogP contribution is -2.40. The van der Waals surface area contributed by atoms with Crippen LogP contribution in [0.1, 0.15) is 18.2 Å². The Labute approximate surface area is 157 Å². The molecule has 0 spiro atoms. The molecule has 1 fully saturated rings. The fourth-order valence-electron chi connectivity index (χ4n) is 2.74. The summed E-state index contributed by atoms with van der Waals surface area (Å²) in [5.41, 5.74) is 0. The predicted octanol–water partition coefficient (Wildman–Crippen LogP) is 3.00. The molecule has 0 saturated carbocycles. The summed E-state index contributed by atoms with van der Waals surface area (Å²) in [5.74, 6) is 1.62. The maximum atomic E-state index is 5.67. The van der Waals surface area contributed by atoms with Crippen molar-refractivity contribution in [2.24, 2.45) is 10.9 Å². The highest BCUT2D eigenvalue weighted by atomic mass is 79.9. The number of guanidine groups is 1. The third kappa shape index (κ3) is 6.70. The number of likely N-dealkylation sites (tertiary alicyclic amines) is 1. The first kappa shape index (κ1) is 19.7. The number of aliphatic imine (C=N–C) groups is 1. The lowest BCUT2D eigenvalue weighted by molar-refractivity contribution is 0.0536. The van der Waals surface area contributed by atoms with Crippen molar-refractivity contribution < 1.29 is 9.47 Å². The molecule has 7 heteroatoms. The van der Waals surface area contributed by atoms with Crippen molar-refractivity contribution in [2.45, 2.75) is 19.8 Å². The van der Waals surface area contributed by atoms with Crippen LogP contribution in [0.5, 0.6) is 0 Å². The molecule has 24 heavy (non-hydrogen) atoms. The van der Waals surface area contributed by atoms with E-state index in [2.05, 4.69) is 45.2 Å². The van der Waals surface area contributed by atoms with E-state index in [1.807, 2.05) is 0 Å². The summed E-state index contributed by atoms with van der Waals surface area (Å²) in [6.07, 6.45) is 2.15. The van der Waals surface area contributed by atoms with Gasteiger partial charge in [0.2, 0.25) is 0 Å². The van der Waals surface area contributed by atoms with Crippen LogP contribution < -0.4 is 5.32 Å². The van der Waals surface area contributed by atoms with Crippen molar-refractivity contribution in [1.82, 2.24) is 10.2 Å². The molecule has 1 aromatic rings. The number of thiophene rings is 1. The van der Waals surface area contributed by atoms with Gasteiger partial charge >= 0.3 is 0 Å². The monoisotopic (exact) mass is 417 g/mol. The van der Waals surface area contributed by atoms with Gasteiger partial charge in [0.25, 0.3) is 0 Å². The van der Waals surface area contributed by atoms with E-state index in [0.717, 1.165) is 51.6 Å². The molecule has 1 aliphatic heterocycles. The zero-order chi connectivity index (χ0) is 17.2. The zero-order valence-corrected chi connectivity index (χ0v) is 17.0. The van der Waals surface area contributed by atoms with Gasteiger partial charge < -0.3 is 19.7 Å². The number of nitrogens with zero attached hydrogens (tertiary/aromatic N) is 2. The van der Waals surface area contributed by atoms with Gasteiger partial charge in [0.15, 0.2) is 5.96 Å². The molecular formula is C17H28BrN3O2S. The lowest BCUT2D eigenvalue weighted by atomic mass is 10.1. The van der Waals surface area contributed by atoms with Crippen LogP contribution in [-0.2, 0) is 15.9 Å². The van der Waals surface area contributed by atoms with Crippen LogP contribution >= 0.6 is 27.3 Å². The third-order valence-electron chi connectivity index (χ3n) is 3.95. The molecule has 1 atom stereocenters. The van der Waals surface area contributed by atoms with Crippen LogP contribution in [0, 0.1) is 5.92 Å². The molecule has 1 aromatic heterocycles. The summed E-state index contributed by atoms with van der Waals surface area (Å²) >= 11 is 5.30. The second-order valence-electron chi connectivity index (χ2n) is 5.86. The number of methoxy groups -OCH3 is 1. The standard InChI is InChI=1S/C17H28BrN3O2S/c1-3-19-17(20-8-6-15-4-5-16(18)24-15)21-9-7-14(12-21)13-23-11-10-22-2/h4-5,14H,3,6-13H2,1-2H3,(H,19,20). The fourth-order valence-corrected chi connectivity index (χ4v) is 4.21. The minimum atomic E-state index is 0.582. The van der Waals surface area contributed by atoms with Crippen molar-refractivity contribution in [3.63, 3.8) is 0 Å². The number of halogens is 1. The molecule has 2 heterocycles. The van der Waals surface area contributed by atoms with Gasteiger partial charge in [-0.2, -0.15) is 0 Å². The molecule has 5 nitrogen and oxygen atoms in total. The summed E-state index contributed by atoms with van der Waals surface area (Å²) in [6, 6.07) is 4.27. The molecule has 1 saturated heterocycles. The first-order valence-corrected chi connectivity index (χ1v) is 10.2. The number of hydrogen-bond donors (Lipinski definition) is 1. The van der Waals surface area contributed by atoms with Gasteiger partial charge in [-0.1, -0.05) is 0 Å². The zero-order valence-electron chi connectivity index (χ0n) is 14.6. The van der Waals surface area contributed by atoms with Crippen LogP contribution in [0.2, 0.25) is 0 Å². The summed E-state index contributed by atoms with van der Waals surface area (Å²) in [4.78, 5) is 8.53. The Bertz CT molecular complexity index is 510. The van der Waals surface area contributed by atoms with Crippen LogP contribution in [-0.4, -0.2) is 64.0 Å². The maximum Gasteiger partial charge on any atom is 0.193 e. The summed E-state index contributed by atoms with van der Waals surface area (Å²) in [7, 11) is 1.70. The van der Waals surface area contributed by atoms with Crippen LogP contribution in [0.25, 0.3) is 0 Å². The largest absolute Gasteiger partial charge is 0.382 e. The SMILES string of the molecule is CCNC(=NCCc1ccc(Br)s1)N1CCC(COCCOC)C1. The van der Waals surface area contributed by atoms with E-state index >= 15 is 0 Å². The number of nitrogens with one attached hydrogen (secondary N) is 1. The van der Waals surface area contributed by atoms with E-state index in [0.29, 0.717) is 19.1 Å². The van der Waals surface area contributed by atoms with Crippen molar-refractivity contribution in [3.05, 3.63) is 20.8 Å². The maximum absolute atomic E-state index is 5.67. The average Bonchev–Trinajstić information content (AvgIpc) is 3.20. The highest BCUT2D eigenvalue weighted by Crippen LogP contribution is 2.22. The first-order valence-electron chi connectivity index (χ1n) is 8.57.